The van der Waals surface area contributed by atoms with E-state index in [4.69, 9.17) is 5.11 Å². The second-order valence-corrected chi connectivity index (χ2v) is 2.43. The molecule has 2 amide bonds. The monoisotopic (exact) mass is 184 g/mol. The lowest BCUT2D eigenvalue weighted by atomic mass is 10.1. The van der Waals surface area contributed by atoms with Gasteiger partial charge < -0.3 is 15.7 Å². The Balaban J connectivity index is 2.70. The number of amides is 2. The number of nitrogens with one attached hydrogen (secondary N) is 2. The fraction of sp³-hybridized carbons (Fsp3) is 0.800. The van der Waals surface area contributed by atoms with Gasteiger partial charge >= 0.3 is 12.2 Å². The van der Waals surface area contributed by atoms with Crippen molar-refractivity contribution in [3.05, 3.63) is 0 Å². The number of urea groups is 1. The van der Waals surface area contributed by atoms with Crippen LogP contribution in [0.25, 0.3) is 0 Å². The first-order valence-corrected chi connectivity index (χ1v) is 3.19. The number of alkyl halides is 3. The summed E-state index contributed by atoms with van der Waals surface area (Å²) < 4.78 is 36.0. The van der Waals surface area contributed by atoms with Crippen molar-refractivity contribution in [1.82, 2.24) is 10.6 Å². The molecule has 0 aromatic heterocycles. The van der Waals surface area contributed by atoms with Crippen LogP contribution in [0.5, 0.6) is 0 Å². The fourth-order valence-corrected chi connectivity index (χ4v) is 0.996. The van der Waals surface area contributed by atoms with Crippen molar-refractivity contribution in [2.24, 2.45) is 0 Å². The minimum Gasteiger partial charge on any atom is -0.394 e. The molecule has 0 bridgehead atoms. The van der Waals surface area contributed by atoms with Gasteiger partial charge in [-0.3, -0.25) is 0 Å². The van der Waals surface area contributed by atoms with Gasteiger partial charge in [-0.15, -0.1) is 0 Å². The third kappa shape index (κ3) is 1.60. The lowest BCUT2D eigenvalue weighted by Crippen LogP contribution is -2.47. The first kappa shape index (κ1) is 9.11. The molecule has 1 aliphatic heterocycles. The minimum absolute atomic E-state index is 0.733. The minimum atomic E-state index is -4.52. The molecule has 12 heavy (non-hydrogen) atoms. The summed E-state index contributed by atoms with van der Waals surface area (Å²) in [4.78, 5) is 10.4. The fourth-order valence-electron chi connectivity index (χ4n) is 0.996. The van der Waals surface area contributed by atoms with Crippen molar-refractivity contribution >= 4 is 6.03 Å². The van der Waals surface area contributed by atoms with Crippen LogP contribution in [0.2, 0.25) is 0 Å². The number of halogens is 3. The molecule has 4 nitrogen and oxygen atoms in total. The Labute approximate surface area is 65.7 Å². The highest BCUT2D eigenvalue weighted by Crippen LogP contribution is 2.24. The Morgan fingerprint density at radius 2 is 2.00 bits per heavy atom. The topological polar surface area (TPSA) is 61.4 Å². The maximum Gasteiger partial charge on any atom is 0.410 e. The Morgan fingerprint density at radius 1 is 1.42 bits per heavy atom. The van der Waals surface area contributed by atoms with E-state index < -0.39 is 30.9 Å². The van der Waals surface area contributed by atoms with E-state index in [9.17, 15) is 18.0 Å². The quantitative estimate of drug-likeness (QED) is 0.518. The van der Waals surface area contributed by atoms with Crippen LogP contribution in [0.3, 0.4) is 0 Å². The van der Waals surface area contributed by atoms with Crippen LogP contribution >= 0.6 is 0 Å². The molecule has 1 aliphatic rings. The van der Waals surface area contributed by atoms with E-state index in [1.807, 2.05) is 5.32 Å². The highest BCUT2D eigenvalue weighted by atomic mass is 19.4. The number of hydrogen-bond acceptors (Lipinski definition) is 2. The first-order chi connectivity index (χ1) is 5.45. The third-order valence-corrected chi connectivity index (χ3v) is 1.55. The van der Waals surface area contributed by atoms with Gasteiger partial charge in [0, 0.05) is 0 Å². The maximum absolute atomic E-state index is 12.0. The summed E-state index contributed by atoms with van der Waals surface area (Å²) in [6, 6.07) is -4.18. The average Bonchev–Trinajstić information content (AvgIpc) is 2.29. The van der Waals surface area contributed by atoms with Gasteiger partial charge in [-0.25, -0.2) is 4.79 Å². The maximum atomic E-state index is 12.0. The Morgan fingerprint density at radius 3 is 2.33 bits per heavy atom. The van der Waals surface area contributed by atoms with Gasteiger partial charge in [0.05, 0.1) is 12.6 Å². The average molecular weight is 184 g/mol. The Kier molecular flexibility index (Phi) is 2.14. The second-order valence-electron chi connectivity index (χ2n) is 2.43. The largest absolute Gasteiger partial charge is 0.410 e. The van der Waals surface area contributed by atoms with Gasteiger partial charge in [-0.05, 0) is 0 Å². The van der Waals surface area contributed by atoms with Crippen LogP contribution in [-0.4, -0.2) is 36.0 Å². The number of carbonyl (C=O) groups excluding carboxylic acids is 1. The van der Waals surface area contributed by atoms with Gasteiger partial charge in [-0.1, -0.05) is 0 Å². The molecule has 0 spiro atoms. The van der Waals surface area contributed by atoms with Gasteiger partial charge in [0.25, 0.3) is 0 Å². The zero-order valence-corrected chi connectivity index (χ0v) is 5.85. The third-order valence-electron chi connectivity index (χ3n) is 1.55. The summed E-state index contributed by atoms with van der Waals surface area (Å²) in [7, 11) is 0. The lowest BCUT2D eigenvalue weighted by molar-refractivity contribution is -0.156. The summed E-state index contributed by atoms with van der Waals surface area (Å²) in [5, 5.41) is 12.1. The smallest absolute Gasteiger partial charge is 0.394 e. The summed E-state index contributed by atoms with van der Waals surface area (Å²) in [6.45, 7) is -0.733. The Bertz CT molecular complexity index is 194. The van der Waals surface area contributed by atoms with Crippen molar-refractivity contribution in [1.29, 1.82) is 0 Å². The summed E-state index contributed by atoms with van der Waals surface area (Å²) >= 11 is 0. The van der Waals surface area contributed by atoms with Gasteiger partial charge in [-0.2, -0.15) is 13.2 Å². The predicted octanol–water partition coefficient (Wildman–Crippen LogP) is -0.409. The van der Waals surface area contributed by atoms with Crippen molar-refractivity contribution in [3.63, 3.8) is 0 Å². The standard InChI is InChI=1S/C5H7F3N2O2/c6-5(7,8)3-2(1-11)9-4(12)10-3/h2-3,11H,1H2,(H2,9,10,12). The van der Waals surface area contributed by atoms with Crippen molar-refractivity contribution in [3.8, 4) is 0 Å². The molecule has 1 fully saturated rings. The van der Waals surface area contributed by atoms with E-state index in [0.717, 1.165) is 0 Å². The number of rotatable bonds is 1. The van der Waals surface area contributed by atoms with E-state index in [0.29, 0.717) is 0 Å². The molecular formula is C5H7F3N2O2. The van der Waals surface area contributed by atoms with Crippen molar-refractivity contribution < 1.29 is 23.1 Å². The van der Waals surface area contributed by atoms with E-state index in [2.05, 4.69) is 0 Å². The number of aliphatic hydroxyl groups is 1. The molecule has 1 saturated heterocycles. The summed E-state index contributed by atoms with van der Waals surface area (Å²) in [5.74, 6) is 0. The number of hydrogen-bond donors (Lipinski definition) is 3. The van der Waals surface area contributed by atoms with Crippen LogP contribution < -0.4 is 10.6 Å². The molecule has 0 aromatic carbocycles. The molecule has 2 unspecified atom stereocenters. The normalized spacial score (nSPS) is 29.8. The van der Waals surface area contributed by atoms with Crippen LogP contribution in [0, 0.1) is 0 Å². The van der Waals surface area contributed by atoms with Crippen LogP contribution in [0.15, 0.2) is 0 Å². The van der Waals surface area contributed by atoms with Crippen LogP contribution in [-0.2, 0) is 0 Å². The molecule has 0 radical (unpaired) electrons. The predicted molar refractivity (Wildman–Crippen MR) is 32.4 cm³/mol. The summed E-state index contributed by atoms with van der Waals surface area (Å²) in [6.07, 6.45) is -4.52. The van der Waals surface area contributed by atoms with Gasteiger partial charge in [0.2, 0.25) is 0 Å². The van der Waals surface area contributed by atoms with Crippen molar-refractivity contribution in [2.75, 3.05) is 6.61 Å². The van der Waals surface area contributed by atoms with Crippen LogP contribution in [0.4, 0.5) is 18.0 Å². The second kappa shape index (κ2) is 2.81. The molecule has 70 valence electrons. The molecule has 3 N–H and O–H groups in total. The summed E-state index contributed by atoms with van der Waals surface area (Å²) in [5.41, 5.74) is 0. The van der Waals surface area contributed by atoms with E-state index in [1.54, 1.807) is 5.32 Å². The molecule has 0 aliphatic carbocycles. The van der Waals surface area contributed by atoms with Crippen LogP contribution in [0.1, 0.15) is 0 Å². The van der Waals surface area contributed by atoms with E-state index >= 15 is 0 Å². The molecular weight excluding hydrogens is 177 g/mol. The molecule has 0 aromatic rings. The molecule has 7 heteroatoms. The highest BCUT2D eigenvalue weighted by molar-refractivity contribution is 5.77. The Hall–Kier alpha value is -0.980. The first-order valence-electron chi connectivity index (χ1n) is 3.19. The SMILES string of the molecule is O=C1NC(CO)C(C(F)(F)F)N1. The zero-order valence-electron chi connectivity index (χ0n) is 5.85. The van der Waals surface area contributed by atoms with Gasteiger partial charge in [0.1, 0.15) is 6.04 Å². The number of aliphatic hydroxyl groups excluding tert-OH is 1. The molecule has 0 saturated carbocycles. The zero-order chi connectivity index (χ0) is 9.35. The van der Waals surface area contributed by atoms with Crippen molar-refractivity contribution in [2.45, 2.75) is 18.3 Å². The molecule has 1 rings (SSSR count). The lowest BCUT2D eigenvalue weighted by Gasteiger charge is -2.18. The number of carbonyl (C=O) groups is 1. The molecule has 1 heterocycles. The molecule has 2 atom stereocenters. The highest BCUT2D eigenvalue weighted by Gasteiger charge is 2.49. The van der Waals surface area contributed by atoms with Gasteiger partial charge in [0.15, 0.2) is 0 Å². The van der Waals surface area contributed by atoms with E-state index in [-0.39, 0.29) is 0 Å². The van der Waals surface area contributed by atoms with E-state index in [1.165, 1.54) is 0 Å².